The van der Waals surface area contributed by atoms with Gasteiger partial charge < -0.3 is 34.5 Å². The third-order valence-corrected chi connectivity index (χ3v) is 4.66. The quantitative estimate of drug-likeness (QED) is 0.475. The number of aromatic nitrogens is 2. The summed E-state index contributed by atoms with van der Waals surface area (Å²) in [4.78, 5) is 27.6. The molecule has 31 heavy (non-hydrogen) atoms. The first-order valence-electron chi connectivity index (χ1n) is 9.46. The summed E-state index contributed by atoms with van der Waals surface area (Å²) < 4.78 is 18.9. The van der Waals surface area contributed by atoms with Gasteiger partial charge in [-0.25, -0.2) is 4.98 Å². The van der Waals surface area contributed by atoms with Gasteiger partial charge in [-0.15, -0.1) is 0 Å². The van der Waals surface area contributed by atoms with E-state index >= 15 is 0 Å². The lowest BCUT2D eigenvalue weighted by atomic mass is 10.1. The molecule has 0 bridgehead atoms. The zero-order valence-electron chi connectivity index (χ0n) is 17.7. The maximum atomic E-state index is 12.4. The highest BCUT2D eigenvalue weighted by Crippen LogP contribution is 2.43. The number of aliphatic carboxylic acids is 1. The number of carbonyl (C=O) groups is 2. The first kappa shape index (κ1) is 21.8. The Bertz CT molecular complexity index is 1100. The van der Waals surface area contributed by atoms with Gasteiger partial charge >= 0.3 is 5.97 Å². The molecule has 0 aliphatic rings. The van der Waals surface area contributed by atoms with E-state index in [4.69, 9.17) is 19.3 Å². The molecule has 0 saturated carbocycles. The van der Waals surface area contributed by atoms with Gasteiger partial charge in [0.15, 0.2) is 17.2 Å². The van der Waals surface area contributed by atoms with Crippen LogP contribution in [0, 0.1) is 0 Å². The van der Waals surface area contributed by atoms with Crippen molar-refractivity contribution in [3.63, 3.8) is 0 Å². The number of aryl methyl sites for hydroxylation is 1. The van der Waals surface area contributed by atoms with Crippen molar-refractivity contribution in [2.75, 3.05) is 33.1 Å². The second-order valence-corrected chi connectivity index (χ2v) is 6.58. The number of fused-ring (bicyclic) bond motifs is 1. The fraction of sp³-hybridized carbons (Fsp3) is 0.286. The number of carboxylic acid groups (broad SMARTS) is 1. The Morgan fingerprint density at radius 3 is 2.39 bits per heavy atom. The van der Waals surface area contributed by atoms with Crippen molar-refractivity contribution in [2.24, 2.45) is 7.05 Å². The highest BCUT2D eigenvalue weighted by atomic mass is 16.5. The number of benzene rings is 2. The Morgan fingerprint density at radius 1 is 1.13 bits per heavy atom. The molecular weight excluding hydrogens is 404 g/mol. The van der Waals surface area contributed by atoms with Gasteiger partial charge in [0, 0.05) is 26.2 Å². The number of carboxylic acids is 1. The Labute approximate surface area is 178 Å². The molecule has 1 amide bonds. The summed E-state index contributed by atoms with van der Waals surface area (Å²) in [7, 11) is 6.58. The Kier molecular flexibility index (Phi) is 6.49. The van der Waals surface area contributed by atoms with E-state index in [0.29, 0.717) is 17.2 Å². The number of methoxy groups -OCH3 is 2. The van der Waals surface area contributed by atoms with Crippen molar-refractivity contribution in [3.05, 3.63) is 35.9 Å². The van der Waals surface area contributed by atoms with Gasteiger partial charge in [-0.1, -0.05) is 6.07 Å². The average molecular weight is 428 g/mol. The molecule has 0 fully saturated rings. The van der Waals surface area contributed by atoms with Crippen LogP contribution in [0.1, 0.15) is 16.8 Å². The number of imidazole rings is 1. The van der Waals surface area contributed by atoms with Gasteiger partial charge in [0.25, 0.3) is 5.91 Å². The molecule has 0 aliphatic heterocycles. The first-order chi connectivity index (χ1) is 14.9. The first-order valence-corrected chi connectivity index (χ1v) is 9.46. The SMILES string of the molecule is CNc1nc2c(Oc3c(OC)cc(C(=O)NCCC(=O)O)cc3OC)cccc2n1C. The molecule has 0 saturated heterocycles. The number of rotatable bonds is 9. The Hall–Kier alpha value is -3.95. The molecular formula is C21H24N4O6. The number of nitrogens with one attached hydrogen (secondary N) is 2. The van der Waals surface area contributed by atoms with Crippen LogP contribution in [0.15, 0.2) is 30.3 Å². The highest BCUT2D eigenvalue weighted by molar-refractivity contribution is 5.96. The maximum Gasteiger partial charge on any atom is 0.305 e. The van der Waals surface area contributed by atoms with Crippen molar-refractivity contribution in [1.82, 2.24) is 14.9 Å². The molecule has 0 spiro atoms. The minimum Gasteiger partial charge on any atom is -0.493 e. The zero-order chi connectivity index (χ0) is 22.5. The number of nitrogens with zero attached hydrogens (tertiary/aromatic N) is 2. The van der Waals surface area contributed by atoms with Crippen LogP contribution >= 0.6 is 0 Å². The van der Waals surface area contributed by atoms with Gasteiger partial charge in [-0.2, -0.15) is 0 Å². The lowest BCUT2D eigenvalue weighted by molar-refractivity contribution is -0.136. The number of anilines is 1. The molecule has 0 aliphatic carbocycles. The van der Waals surface area contributed by atoms with Crippen LogP contribution in [-0.4, -0.2) is 54.3 Å². The van der Waals surface area contributed by atoms with Gasteiger partial charge in [0.1, 0.15) is 5.52 Å². The largest absolute Gasteiger partial charge is 0.493 e. The number of hydrogen-bond donors (Lipinski definition) is 3. The van der Waals surface area contributed by atoms with Crippen LogP contribution in [0.25, 0.3) is 11.0 Å². The van der Waals surface area contributed by atoms with Crippen molar-refractivity contribution >= 4 is 28.9 Å². The van der Waals surface area contributed by atoms with E-state index in [2.05, 4.69) is 15.6 Å². The van der Waals surface area contributed by atoms with Crippen molar-refractivity contribution in [1.29, 1.82) is 0 Å². The van der Waals surface area contributed by atoms with Crippen molar-refractivity contribution in [3.8, 4) is 23.0 Å². The topological polar surface area (TPSA) is 124 Å². The zero-order valence-corrected chi connectivity index (χ0v) is 17.7. The minimum absolute atomic E-state index is 0.00647. The molecule has 164 valence electrons. The molecule has 1 aromatic heterocycles. The van der Waals surface area contributed by atoms with E-state index in [9.17, 15) is 9.59 Å². The molecule has 0 atom stereocenters. The number of para-hydroxylation sites is 1. The van der Waals surface area contributed by atoms with Crippen LogP contribution in [-0.2, 0) is 11.8 Å². The van der Waals surface area contributed by atoms with E-state index < -0.39 is 11.9 Å². The molecule has 0 unspecified atom stereocenters. The highest BCUT2D eigenvalue weighted by Gasteiger charge is 2.20. The summed E-state index contributed by atoms with van der Waals surface area (Å²) >= 11 is 0. The fourth-order valence-electron chi connectivity index (χ4n) is 3.10. The van der Waals surface area contributed by atoms with Gasteiger partial charge in [-0.3, -0.25) is 9.59 Å². The minimum atomic E-state index is -0.996. The van der Waals surface area contributed by atoms with E-state index in [-0.39, 0.29) is 35.8 Å². The maximum absolute atomic E-state index is 12.4. The van der Waals surface area contributed by atoms with Gasteiger partial charge in [0.05, 0.1) is 26.2 Å². The molecule has 1 heterocycles. The fourth-order valence-corrected chi connectivity index (χ4v) is 3.10. The van der Waals surface area contributed by atoms with Crippen LogP contribution < -0.4 is 24.8 Å². The van der Waals surface area contributed by atoms with Crippen LogP contribution in [0.3, 0.4) is 0 Å². The van der Waals surface area contributed by atoms with E-state index in [1.165, 1.54) is 26.4 Å². The lowest BCUT2D eigenvalue weighted by Crippen LogP contribution is -2.26. The summed E-state index contributed by atoms with van der Waals surface area (Å²) in [6.07, 6.45) is -0.177. The van der Waals surface area contributed by atoms with E-state index in [0.717, 1.165) is 5.52 Å². The lowest BCUT2D eigenvalue weighted by Gasteiger charge is -2.16. The third-order valence-electron chi connectivity index (χ3n) is 4.66. The predicted molar refractivity (Wildman–Crippen MR) is 114 cm³/mol. The predicted octanol–water partition coefficient (Wildman–Crippen LogP) is 2.63. The molecule has 0 radical (unpaired) electrons. The summed E-state index contributed by atoms with van der Waals surface area (Å²) in [6.45, 7) is 0.00647. The summed E-state index contributed by atoms with van der Waals surface area (Å²) in [6, 6.07) is 8.56. The number of amides is 1. The Balaban J connectivity index is 1.97. The monoisotopic (exact) mass is 428 g/mol. The Morgan fingerprint density at radius 2 is 1.81 bits per heavy atom. The van der Waals surface area contributed by atoms with E-state index in [1.807, 2.05) is 23.7 Å². The standard InChI is InChI=1S/C21H24N4O6/c1-22-21-24-18-13(25(21)2)6-5-7-14(18)31-19-15(29-3)10-12(11-16(19)30-4)20(28)23-9-8-17(26)27/h5-7,10-11H,8-9H2,1-4H3,(H,22,24)(H,23,28)(H,26,27). The molecule has 2 aromatic carbocycles. The third kappa shape index (κ3) is 4.47. The number of carbonyl (C=O) groups excluding carboxylic acids is 1. The second kappa shape index (κ2) is 9.24. The summed E-state index contributed by atoms with van der Waals surface area (Å²) in [5, 5.41) is 14.3. The van der Waals surface area contributed by atoms with Gasteiger partial charge in [0.2, 0.25) is 11.7 Å². The molecule has 10 heteroatoms. The van der Waals surface area contributed by atoms with Crippen molar-refractivity contribution in [2.45, 2.75) is 6.42 Å². The summed E-state index contributed by atoms with van der Waals surface area (Å²) in [5.74, 6) is 0.577. The molecule has 3 N–H and O–H groups in total. The summed E-state index contributed by atoms with van der Waals surface area (Å²) in [5.41, 5.74) is 1.77. The number of hydrogen-bond acceptors (Lipinski definition) is 7. The molecule has 3 aromatic rings. The second-order valence-electron chi connectivity index (χ2n) is 6.58. The van der Waals surface area contributed by atoms with Crippen LogP contribution in [0.4, 0.5) is 5.95 Å². The average Bonchev–Trinajstić information content (AvgIpc) is 3.10. The smallest absolute Gasteiger partial charge is 0.305 e. The van der Waals surface area contributed by atoms with Crippen LogP contribution in [0.5, 0.6) is 23.0 Å². The number of ether oxygens (including phenoxy) is 3. The van der Waals surface area contributed by atoms with Crippen LogP contribution in [0.2, 0.25) is 0 Å². The van der Waals surface area contributed by atoms with Crippen molar-refractivity contribution < 1.29 is 28.9 Å². The normalized spacial score (nSPS) is 10.6. The molecule has 3 rings (SSSR count). The molecule has 10 nitrogen and oxygen atoms in total. The van der Waals surface area contributed by atoms with Gasteiger partial charge in [-0.05, 0) is 24.3 Å². The van der Waals surface area contributed by atoms with E-state index in [1.54, 1.807) is 13.1 Å².